The van der Waals surface area contributed by atoms with E-state index in [-0.39, 0.29) is 0 Å². The Bertz CT molecular complexity index is 435. The first-order valence-corrected chi connectivity index (χ1v) is 9.49. The highest BCUT2D eigenvalue weighted by Crippen LogP contribution is 2.77. The molecule has 8 aliphatic rings. The summed E-state index contributed by atoms with van der Waals surface area (Å²) in [6, 6.07) is 0. The molecule has 0 heteroatoms. The summed E-state index contributed by atoms with van der Waals surface area (Å²) in [5.74, 6) is 8.82. The first-order chi connectivity index (χ1) is 9.65. The third-order valence-corrected chi connectivity index (χ3v) is 9.01. The maximum Gasteiger partial charge on any atom is -0.0194 e. The summed E-state index contributed by atoms with van der Waals surface area (Å²) in [7, 11) is 0. The van der Waals surface area contributed by atoms with E-state index in [2.05, 4.69) is 12.8 Å². The standard InChI is InChI=1S/C20H29/c1-19-8-12-2-13(9-19)5-16(4-12)18(19)20-10-14-3-15(11-20)7-17(20)6-14/h12-15,17-18H,2-11H2,1H3. The van der Waals surface area contributed by atoms with Crippen LogP contribution in [0.1, 0.15) is 71.1 Å². The van der Waals surface area contributed by atoms with E-state index in [9.17, 15) is 0 Å². The topological polar surface area (TPSA) is 0 Å². The summed E-state index contributed by atoms with van der Waals surface area (Å²) in [5, 5.41) is 0. The number of hydrogen-bond donors (Lipinski definition) is 0. The second-order valence-corrected chi connectivity index (χ2v) is 10.3. The summed E-state index contributed by atoms with van der Waals surface area (Å²) in [5.41, 5.74) is 1.56. The molecular weight excluding hydrogens is 240 g/mol. The summed E-state index contributed by atoms with van der Waals surface area (Å²) in [4.78, 5) is 0. The molecule has 8 fully saturated rings. The van der Waals surface area contributed by atoms with E-state index in [0.29, 0.717) is 0 Å². The fourth-order valence-corrected chi connectivity index (χ4v) is 9.57. The molecule has 5 unspecified atom stereocenters. The van der Waals surface area contributed by atoms with Crippen molar-refractivity contribution in [2.75, 3.05) is 0 Å². The highest BCUT2D eigenvalue weighted by atomic mass is 14.7. The molecule has 0 aromatic carbocycles. The van der Waals surface area contributed by atoms with Gasteiger partial charge in [0.1, 0.15) is 0 Å². The maximum atomic E-state index is 2.73. The molecule has 0 spiro atoms. The van der Waals surface area contributed by atoms with Gasteiger partial charge >= 0.3 is 0 Å². The van der Waals surface area contributed by atoms with E-state index in [0.717, 1.165) is 46.3 Å². The minimum atomic E-state index is 0.735. The average molecular weight is 269 g/mol. The van der Waals surface area contributed by atoms with Gasteiger partial charge in [0.15, 0.2) is 0 Å². The Hall–Kier alpha value is 0. The predicted octanol–water partition coefficient (Wildman–Crippen LogP) is 5.23. The van der Waals surface area contributed by atoms with Gasteiger partial charge in [-0.1, -0.05) is 6.92 Å². The van der Waals surface area contributed by atoms with Crippen LogP contribution < -0.4 is 0 Å². The van der Waals surface area contributed by atoms with Crippen molar-refractivity contribution in [1.29, 1.82) is 0 Å². The second kappa shape index (κ2) is 3.33. The van der Waals surface area contributed by atoms with Crippen molar-refractivity contribution in [2.45, 2.75) is 71.1 Å². The van der Waals surface area contributed by atoms with E-state index < -0.39 is 0 Å². The molecule has 0 N–H and O–H groups in total. The molecule has 0 nitrogen and oxygen atoms in total. The van der Waals surface area contributed by atoms with Gasteiger partial charge in [-0.15, -0.1) is 0 Å². The van der Waals surface area contributed by atoms with Gasteiger partial charge in [0.2, 0.25) is 0 Å². The van der Waals surface area contributed by atoms with Crippen LogP contribution in [0.2, 0.25) is 0 Å². The van der Waals surface area contributed by atoms with Gasteiger partial charge in [0.05, 0.1) is 0 Å². The summed E-state index contributed by atoms with van der Waals surface area (Å²) in [6.07, 6.45) is 16.1. The molecule has 1 radical (unpaired) electrons. The van der Waals surface area contributed by atoms with Crippen LogP contribution >= 0.6 is 0 Å². The predicted molar refractivity (Wildman–Crippen MR) is 80.9 cm³/mol. The SMILES string of the molecule is CC12CC3C[C](CC(C3)C1)C2C12CC3CC(CC1C3)C2. The molecule has 109 valence electrons. The Morgan fingerprint density at radius 3 is 1.95 bits per heavy atom. The van der Waals surface area contributed by atoms with Gasteiger partial charge < -0.3 is 0 Å². The van der Waals surface area contributed by atoms with Crippen LogP contribution in [0.3, 0.4) is 0 Å². The lowest BCUT2D eigenvalue weighted by molar-refractivity contribution is -0.0999. The zero-order valence-corrected chi connectivity index (χ0v) is 13.0. The molecule has 0 amide bonds. The largest absolute Gasteiger partial charge is 0.0593 e. The van der Waals surface area contributed by atoms with Crippen molar-refractivity contribution in [3.8, 4) is 0 Å². The van der Waals surface area contributed by atoms with Crippen molar-refractivity contribution in [2.24, 2.45) is 46.3 Å². The third kappa shape index (κ3) is 1.19. The van der Waals surface area contributed by atoms with Crippen molar-refractivity contribution < 1.29 is 0 Å². The van der Waals surface area contributed by atoms with Crippen molar-refractivity contribution in [3.63, 3.8) is 0 Å². The van der Waals surface area contributed by atoms with Crippen molar-refractivity contribution >= 4 is 0 Å². The van der Waals surface area contributed by atoms with Gasteiger partial charge in [0.25, 0.3) is 0 Å². The normalized spacial score (nSPS) is 66.5. The number of rotatable bonds is 1. The highest BCUT2D eigenvalue weighted by Gasteiger charge is 2.68. The molecule has 0 heterocycles. The quantitative estimate of drug-likeness (QED) is 0.611. The molecule has 8 aliphatic carbocycles. The third-order valence-electron chi connectivity index (χ3n) is 9.01. The fourth-order valence-electron chi connectivity index (χ4n) is 9.57. The minimum Gasteiger partial charge on any atom is -0.0593 e. The molecule has 0 saturated heterocycles. The van der Waals surface area contributed by atoms with E-state index >= 15 is 0 Å². The molecule has 8 saturated carbocycles. The van der Waals surface area contributed by atoms with E-state index in [1.807, 2.05) is 0 Å². The Morgan fingerprint density at radius 2 is 1.35 bits per heavy atom. The summed E-state index contributed by atoms with van der Waals surface area (Å²) in [6.45, 7) is 2.73. The molecule has 20 heavy (non-hydrogen) atoms. The zero-order valence-electron chi connectivity index (χ0n) is 13.0. The Balaban J connectivity index is 1.46. The van der Waals surface area contributed by atoms with Gasteiger partial charge in [0, 0.05) is 0 Å². The Labute approximate surface area is 124 Å². The lowest BCUT2D eigenvalue weighted by atomic mass is 9.40. The lowest BCUT2D eigenvalue weighted by Gasteiger charge is -2.65. The molecular formula is C20H29. The molecule has 5 atom stereocenters. The van der Waals surface area contributed by atoms with Crippen LogP contribution in [0.5, 0.6) is 0 Å². The van der Waals surface area contributed by atoms with Crippen LogP contribution in [0, 0.1) is 52.3 Å². The van der Waals surface area contributed by atoms with E-state index in [1.165, 1.54) is 0 Å². The van der Waals surface area contributed by atoms with Gasteiger partial charge in [-0.2, -0.15) is 0 Å². The molecule has 8 bridgehead atoms. The highest BCUT2D eigenvalue weighted by molar-refractivity contribution is 5.25. The summed E-state index contributed by atoms with van der Waals surface area (Å²) < 4.78 is 0. The monoisotopic (exact) mass is 269 g/mol. The van der Waals surface area contributed by atoms with Gasteiger partial charge in [-0.25, -0.2) is 0 Å². The van der Waals surface area contributed by atoms with Gasteiger partial charge in [-0.05, 0) is 116 Å². The summed E-state index contributed by atoms with van der Waals surface area (Å²) >= 11 is 0. The Morgan fingerprint density at radius 1 is 0.750 bits per heavy atom. The molecule has 0 aromatic rings. The minimum absolute atomic E-state index is 0.735. The van der Waals surface area contributed by atoms with Crippen molar-refractivity contribution in [3.05, 3.63) is 5.92 Å². The molecule has 8 rings (SSSR count). The fraction of sp³-hybridized carbons (Fsp3) is 0.950. The zero-order chi connectivity index (χ0) is 13.1. The van der Waals surface area contributed by atoms with Crippen LogP contribution in [0.15, 0.2) is 0 Å². The molecule has 0 aromatic heterocycles. The van der Waals surface area contributed by atoms with Crippen molar-refractivity contribution in [1.82, 2.24) is 0 Å². The van der Waals surface area contributed by atoms with Crippen LogP contribution in [0.25, 0.3) is 0 Å². The van der Waals surface area contributed by atoms with E-state index in [4.69, 9.17) is 0 Å². The Kier molecular flexibility index (Phi) is 1.92. The molecule has 0 aliphatic heterocycles. The van der Waals surface area contributed by atoms with Crippen LogP contribution in [0.4, 0.5) is 0 Å². The second-order valence-electron chi connectivity index (χ2n) is 10.3. The smallest absolute Gasteiger partial charge is 0.0194 e. The lowest BCUT2D eigenvalue weighted by Crippen LogP contribution is -2.56. The number of hydrogen-bond acceptors (Lipinski definition) is 0. The van der Waals surface area contributed by atoms with Crippen LogP contribution in [-0.2, 0) is 0 Å². The first kappa shape index (κ1) is 11.6. The first-order valence-electron chi connectivity index (χ1n) is 9.49. The van der Waals surface area contributed by atoms with E-state index in [1.54, 1.807) is 64.2 Å². The van der Waals surface area contributed by atoms with Crippen LogP contribution in [-0.4, -0.2) is 0 Å². The maximum absolute atomic E-state index is 2.73. The van der Waals surface area contributed by atoms with Gasteiger partial charge in [-0.3, -0.25) is 0 Å². The average Bonchev–Trinajstić information content (AvgIpc) is 2.71.